The van der Waals surface area contributed by atoms with Gasteiger partial charge in [-0.15, -0.1) is 5.10 Å². The van der Waals surface area contributed by atoms with E-state index in [4.69, 9.17) is 16.3 Å². The van der Waals surface area contributed by atoms with E-state index in [1.54, 1.807) is 72.7 Å². The summed E-state index contributed by atoms with van der Waals surface area (Å²) in [4.78, 5) is 73.5. The number of halogens is 1. The van der Waals surface area contributed by atoms with Crippen LogP contribution in [0.3, 0.4) is 0 Å². The van der Waals surface area contributed by atoms with Crippen molar-refractivity contribution < 1.29 is 33.8 Å². The number of nitrogens with one attached hydrogen (secondary N) is 3. The Morgan fingerprint density at radius 2 is 1.69 bits per heavy atom. The van der Waals surface area contributed by atoms with E-state index in [0.717, 1.165) is 12.8 Å². The van der Waals surface area contributed by atoms with Gasteiger partial charge in [0.2, 0.25) is 5.91 Å². The first-order valence-corrected chi connectivity index (χ1v) is 17.9. The van der Waals surface area contributed by atoms with Gasteiger partial charge in [0.25, 0.3) is 0 Å². The van der Waals surface area contributed by atoms with E-state index in [2.05, 4.69) is 31.1 Å². The number of amides is 5. The smallest absolute Gasteiger partial charge is 0.352 e. The number of carbonyl (C=O) groups is 5. The number of piperazine rings is 1. The third-order valence-corrected chi connectivity index (χ3v) is 10.0. The lowest BCUT2D eigenvalue weighted by Crippen LogP contribution is -2.60. The predicted molar refractivity (Wildman–Crippen MR) is 201 cm³/mol. The van der Waals surface area contributed by atoms with Crippen LogP contribution in [-0.4, -0.2) is 116 Å². The quantitative estimate of drug-likeness (QED) is 0.143. The molecule has 2 aliphatic heterocycles. The molecule has 0 unspecified atom stereocenters. The molecule has 55 heavy (non-hydrogen) atoms. The average molecular weight is 769 g/mol. The lowest BCUT2D eigenvalue weighted by molar-refractivity contribution is -0.149. The van der Waals surface area contributed by atoms with Crippen LogP contribution in [0.4, 0.5) is 21.9 Å². The highest BCUT2D eigenvalue weighted by Gasteiger charge is 2.41. The van der Waals surface area contributed by atoms with E-state index in [1.165, 1.54) is 26.9 Å². The zero-order chi connectivity index (χ0) is 38.6. The molecule has 7 rings (SSSR count). The van der Waals surface area contributed by atoms with Crippen LogP contribution in [0.2, 0.25) is 5.02 Å². The topological polar surface area (TPSA) is 208 Å². The van der Waals surface area contributed by atoms with Crippen LogP contribution in [0, 0.1) is 5.92 Å². The van der Waals surface area contributed by atoms with Crippen molar-refractivity contribution in [3.8, 4) is 5.69 Å². The molecule has 18 heteroatoms. The summed E-state index contributed by atoms with van der Waals surface area (Å²) in [6.45, 7) is 1.96. The number of rotatable bonds is 11. The standard InChI is InChI=1S/C37H37ClN10O7/c1-55-20-23-10-12-45(13-11-23)37(54)41-26-5-2-22(3-6-26)16-32(33(49)40-27-7-8-28-24(17-27)18-29(42-28)36(52)53)47-15-14-46(34(50)35(47)51)31-19-25(38)4-9-30(31)48-21-39-43-44-48/h2-9,17-19,21,23,32,42H,10-16,20H2,1H3,(H,40,49)(H,41,54)(H,52,53)/t32-/m0/s1. The molecule has 4 N–H and O–H groups in total. The van der Waals surface area contributed by atoms with Gasteiger partial charge in [-0.3, -0.25) is 14.4 Å². The van der Waals surface area contributed by atoms with Crippen LogP contribution in [0.5, 0.6) is 0 Å². The zero-order valence-electron chi connectivity index (χ0n) is 29.6. The molecule has 5 aromatic rings. The molecule has 1 atom stereocenters. The van der Waals surface area contributed by atoms with Crippen molar-refractivity contribution in [1.82, 2.24) is 35.0 Å². The Kier molecular flexibility index (Phi) is 10.7. The molecule has 3 aromatic carbocycles. The monoisotopic (exact) mass is 768 g/mol. The number of methoxy groups -OCH3 is 1. The molecule has 2 saturated heterocycles. The zero-order valence-corrected chi connectivity index (χ0v) is 30.4. The van der Waals surface area contributed by atoms with Crippen molar-refractivity contribution in [2.45, 2.75) is 25.3 Å². The summed E-state index contributed by atoms with van der Waals surface area (Å²) in [6.07, 6.45) is 3.11. The SMILES string of the molecule is COCC1CCN(C(=O)Nc2ccc(C[C@@H](C(=O)Nc3ccc4[nH]c(C(=O)O)cc4c3)N3CCN(c4cc(Cl)ccc4-n4cnnn4)C(=O)C3=O)cc2)CC1. The molecule has 0 radical (unpaired) electrons. The van der Waals surface area contributed by atoms with Gasteiger partial charge >= 0.3 is 23.8 Å². The van der Waals surface area contributed by atoms with Gasteiger partial charge in [-0.2, -0.15) is 4.68 Å². The molecule has 284 valence electrons. The molecule has 0 bridgehead atoms. The molecule has 0 aliphatic carbocycles. The maximum absolute atomic E-state index is 14.1. The Morgan fingerprint density at radius 1 is 0.927 bits per heavy atom. The molecular formula is C37H37ClN10O7. The second-order valence-corrected chi connectivity index (χ2v) is 13.8. The summed E-state index contributed by atoms with van der Waals surface area (Å²) in [5.74, 6) is -3.04. The van der Waals surface area contributed by atoms with Crippen molar-refractivity contribution in [3.63, 3.8) is 0 Å². The van der Waals surface area contributed by atoms with Gasteiger partial charge in [0, 0.05) is 73.6 Å². The van der Waals surface area contributed by atoms with Gasteiger partial charge in [-0.1, -0.05) is 23.7 Å². The normalized spacial score (nSPS) is 15.7. The number of aromatic carboxylic acids is 1. The maximum Gasteiger partial charge on any atom is 0.352 e. The van der Waals surface area contributed by atoms with E-state index in [9.17, 15) is 29.1 Å². The van der Waals surface area contributed by atoms with E-state index in [1.807, 2.05) is 0 Å². The average Bonchev–Trinajstić information content (AvgIpc) is 3.87. The summed E-state index contributed by atoms with van der Waals surface area (Å²) in [7, 11) is 1.68. The van der Waals surface area contributed by atoms with Crippen molar-refractivity contribution in [3.05, 3.63) is 89.3 Å². The Labute approximate surface area is 319 Å². The first-order chi connectivity index (χ1) is 26.6. The van der Waals surface area contributed by atoms with Crippen LogP contribution in [0.25, 0.3) is 16.6 Å². The van der Waals surface area contributed by atoms with Crippen LogP contribution in [-0.2, 0) is 25.5 Å². The minimum absolute atomic E-state index is 0.00173. The summed E-state index contributed by atoms with van der Waals surface area (Å²) < 4.78 is 6.61. The van der Waals surface area contributed by atoms with Gasteiger partial charge < -0.3 is 40.2 Å². The molecule has 2 fully saturated rings. The number of aromatic nitrogens is 5. The van der Waals surface area contributed by atoms with E-state index in [0.29, 0.717) is 69.9 Å². The summed E-state index contributed by atoms with van der Waals surface area (Å²) >= 11 is 6.31. The van der Waals surface area contributed by atoms with E-state index in [-0.39, 0.29) is 31.2 Å². The van der Waals surface area contributed by atoms with Crippen molar-refractivity contribution in [1.29, 1.82) is 0 Å². The number of carboxylic acids is 1. The first kappa shape index (κ1) is 37.0. The fraction of sp³-hybridized carbons (Fsp3) is 0.297. The molecule has 4 heterocycles. The molecule has 0 spiro atoms. The number of hydrogen-bond acceptors (Lipinski definition) is 9. The van der Waals surface area contributed by atoms with Crippen LogP contribution >= 0.6 is 11.6 Å². The summed E-state index contributed by atoms with van der Waals surface area (Å²) in [6, 6.07) is 16.7. The maximum atomic E-state index is 14.1. The molecule has 0 saturated carbocycles. The van der Waals surface area contributed by atoms with Crippen LogP contribution < -0.4 is 15.5 Å². The number of anilines is 3. The number of carbonyl (C=O) groups excluding carboxylic acids is 4. The van der Waals surface area contributed by atoms with Crippen LogP contribution in [0.15, 0.2) is 73.1 Å². The number of piperidine rings is 1. The van der Waals surface area contributed by atoms with Crippen molar-refractivity contribution >= 4 is 69.3 Å². The number of benzene rings is 3. The highest BCUT2D eigenvalue weighted by Crippen LogP contribution is 2.30. The molecule has 2 aliphatic rings. The number of urea groups is 1. The second-order valence-electron chi connectivity index (χ2n) is 13.4. The number of ether oxygens (including phenoxy) is 1. The highest BCUT2D eigenvalue weighted by molar-refractivity contribution is 6.41. The summed E-state index contributed by atoms with van der Waals surface area (Å²) in [5, 5.41) is 27.3. The number of H-pyrrole nitrogens is 1. The third-order valence-electron chi connectivity index (χ3n) is 9.81. The van der Waals surface area contributed by atoms with Crippen LogP contribution in [0.1, 0.15) is 28.9 Å². The Bertz CT molecular complexity index is 2240. The number of hydrogen-bond donors (Lipinski definition) is 4. The van der Waals surface area contributed by atoms with Gasteiger partial charge in [0.05, 0.1) is 11.4 Å². The highest BCUT2D eigenvalue weighted by atomic mass is 35.5. The lowest BCUT2D eigenvalue weighted by Gasteiger charge is -2.38. The number of aromatic amines is 1. The van der Waals surface area contributed by atoms with Crippen molar-refractivity contribution in [2.24, 2.45) is 5.92 Å². The number of nitrogens with zero attached hydrogens (tertiary/aromatic N) is 7. The largest absolute Gasteiger partial charge is 0.477 e. The fourth-order valence-corrected chi connectivity index (χ4v) is 7.10. The Morgan fingerprint density at radius 3 is 2.40 bits per heavy atom. The van der Waals surface area contributed by atoms with Gasteiger partial charge in [0.15, 0.2) is 0 Å². The van der Waals surface area contributed by atoms with E-state index >= 15 is 0 Å². The Balaban J connectivity index is 1.11. The predicted octanol–water partition coefficient (Wildman–Crippen LogP) is 3.81. The van der Waals surface area contributed by atoms with Gasteiger partial charge in [-0.25, -0.2) is 9.59 Å². The van der Waals surface area contributed by atoms with Crippen molar-refractivity contribution in [2.75, 3.05) is 55.4 Å². The number of carboxylic acid groups (broad SMARTS) is 1. The molecular weight excluding hydrogens is 732 g/mol. The van der Waals surface area contributed by atoms with Gasteiger partial charge in [0.1, 0.15) is 18.1 Å². The minimum Gasteiger partial charge on any atom is -0.477 e. The second kappa shape index (κ2) is 16.0. The third kappa shape index (κ3) is 8.12. The first-order valence-electron chi connectivity index (χ1n) is 17.5. The lowest BCUT2D eigenvalue weighted by atomic mass is 9.98. The molecule has 2 aromatic heterocycles. The number of likely N-dealkylation sites (tertiary alicyclic amines) is 1. The number of fused-ring (bicyclic) bond motifs is 1. The fourth-order valence-electron chi connectivity index (χ4n) is 6.94. The minimum atomic E-state index is -1.14. The summed E-state index contributed by atoms with van der Waals surface area (Å²) in [5.41, 5.74) is 2.90. The number of tetrazole rings is 1. The van der Waals surface area contributed by atoms with E-state index < -0.39 is 29.7 Å². The van der Waals surface area contributed by atoms with Gasteiger partial charge in [-0.05, 0) is 89.3 Å². The Hall–Kier alpha value is -6.33. The molecule has 17 nitrogen and oxygen atoms in total. The molecule has 5 amide bonds.